The second kappa shape index (κ2) is 8.44. The first-order chi connectivity index (χ1) is 10.7. The summed E-state index contributed by atoms with van der Waals surface area (Å²) in [6.07, 6.45) is 5.70. The van der Waals surface area contributed by atoms with Gasteiger partial charge in [-0.25, -0.2) is 9.97 Å². The fourth-order valence-electron chi connectivity index (χ4n) is 2.74. The number of carbonyl (C=O) groups excluding carboxylic acids is 1. The van der Waals surface area contributed by atoms with Gasteiger partial charge in [-0.05, 0) is 39.0 Å². The molecule has 0 atom stereocenters. The van der Waals surface area contributed by atoms with E-state index in [4.69, 9.17) is 21.3 Å². The zero-order chi connectivity index (χ0) is 15.9. The standard InChI is InChI=1S/C16H24ClN3O2/c1-12-14(5-3-4-10-22-2)19-16(15(17)18-12)20-8-6-13(11-21)7-9-20/h11,13H,3-10H2,1-2H3. The highest BCUT2D eigenvalue weighted by Gasteiger charge is 2.22. The fraction of sp³-hybridized carbons (Fsp3) is 0.688. The lowest BCUT2D eigenvalue weighted by atomic mass is 9.99. The van der Waals surface area contributed by atoms with E-state index in [1.54, 1.807) is 7.11 Å². The minimum absolute atomic E-state index is 0.168. The molecule has 0 radical (unpaired) electrons. The number of methoxy groups -OCH3 is 1. The van der Waals surface area contributed by atoms with Crippen LogP contribution in [0.5, 0.6) is 0 Å². The number of ether oxygens (including phenoxy) is 1. The van der Waals surface area contributed by atoms with Gasteiger partial charge in [-0.1, -0.05) is 11.6 Å². The molecule has 0 spiro atoms. The number of nitrogens with zero attached hydrogens (tertiary/aromatic N) is 3. The van der Waals surface area contributed by atoms with Crippen LogP contribution in [-0.4, -0.2) is 43.1 Å². The van der Waals surface area contributed by atoms with Crippen LogP contribution in [0.2, 0.25) is 5.15 Å². The second-order valence-corrected chi connectivity index (χ2v) is 6.14. The smallest absolute Gasteiger partial charge is 0.171 e. The van der Waals surface area contributed by atoms with Crippen LogP contribution in [0.15, 0.2) is 0 Å². The Morgan fingerprint density at radius 1 is 1.32 bits per heavy atom. The minimum atomic E-state index is 0.168. The summed E-state index contributed by atoms with van der Waals surface area (Å²) in [5.74, 6) is 0.931. The van der Waals surface area contributed by atoms with Crippen LogP contribution in [0.3, 0.4) is 0 Å². The molecule has 1 aromatic heterocycles. The first kappa shape index (κ1) is 17.2. The number of aldehydes is 1. The molecule has 5 nitrogen and oxygen atoms in total. The van der Waals surface area contributed by atoms with Crippen molar-refractivity contribution >= 4 is 23.7 Å². The highest BCUT2D eigenvalue weighted by atomic mass is 35.5. The van der Waals surface area contributed by atoms with E-state index in [0.29, 0.717) is 5.15 Å². The van der Waals surface area contributed by atoms with Gasteiger partial charge in [-0.15, -0.1) is 0 Å². The molecule has 2 heterocycles. The van der Waals surface area contributed by atoms with Crippen LogP contribution in [0.1, 0.15) is 37.1 Å². The van der Waals surface area contributed by atoms with Crippen LogP contribution in [0.4, 0.5) is 5.82 Å². The molecule has 0 aromatic carbocycles. The molecular weight excluding hydrogens is 302 g/mol. The van der Waals surface area contributed by atoms with Crippen molar-refractivity contribution in [1.82, 2.24) is 9.97 Å². The maximum absolute atomic E-state index is 10.9. The summed E-state index contributed by atoms with van der Waals surface area (Å²) in [5.41, 5.74) is 1.90. The van der Waals surface area contributed by atoms with E-state index < -0.39 is 0 Å². The third-order valence-electron chi connectivity index (χ3n) is 4.15. The van der Waals surface area contributed by atoms with Gasteiger partial charge in [0.25, 0.3) is 0 Å². The minimum Gasteiger partial charge on any atom is -0.385 e. The highest BCUT2D eigenvalue weighted by molar-refractivity contribution is 6.31. The van der Waals surface area contributed by atoms with Gasteiger partial charge in [-0.2, -0.15) is 0 Å². The van der Waals surface area contributed by atoms with Crippen molar-refractivity contribution in [2.45, 2.75) is 39.0 Å². The van der Waals surface area contributed by atoms with Gasteiger partial charge in [0, 0.05) is 32.7 Å². The fourth-order valence-corrected chi connectivity index (χ4v) is 3.03. The summed E-state index contributed by atoms with van der Waals surface area (Å²) in [6, 6.07) is 0. The Morgan fingerprint density at radius 2 is 2.05 bits per heavy atom. The topological polar surface area (TPSA) is 55.3 Å². The summed E-state index contributed by atoms with van der Waals surface area (Å²) in [4.78, 5) is 22.2. The molecule has 1 aromatic rings. The van der Waals surface area contributed by atoms with Crippen molar-refractivity contribution in [3.63, 3.8) is 0 Å². The summed E-state index contributed by atoms with van der Waals surface area (Å²) < 4.78 is 5.07. The zero-order valence-corrected chi connectivity index (χ0v) is 14.1. The van der Waals surface area contributed by atoms with Crippen molar-refractivity contribution in [1.29, 1.82) is 0 Å². The van der Waals surface area contributed by atoms with E-state index in [1.807, 2.05) is 6.92 Å². The summed E-state index contributed by atoms with van der Waals surface area (Å²) in [5, 5.41) is 0.461. The number of anilines is 1. The molecule has 122 valence electrons. The van der Waals surface area contributed by atoms with Crippen LogP contribution >= 0.6 is 11.6 Å². The van der Waals surface area contributed by atoms with Crippen molar-refractivity contribution in [3.05, 3.63) is 16.5 Å². The Morgan fingerprint density at radius 3 is 2.68 bits per heavy atom. The highest BCUT2D eigenvalue weighted by Crippen LogP contribution is 2.27. The molecule has 0 saturated carbocycles. The molecule has 1 aliphatic rings. The molecule has 1 aliphatic heterocycles. The first-order valence-electron chi connectivity index (χ1n) is 7.88. The Bertz CT molecular complexity index is 502. The van der Waals surface area contributed by atoms with Gasteiger partial charge in [0.15, 0.2) is 11.0 Å². The van der Waals surface area contributed by atoms with Crippen LogP contribution in [0.25, 0.3) is 0 Å². The molecule has 2 rings (SSSR count). The van der Waals surface area contributed by atoms with E-state index >= 15 is 0 Å². The third kappa shape index (κ3) is 4.40. The van der Waals surface area contributed by atoms with Gasteiger partial charge in [0.1, 0.15) is 6.29 Å². The summed E-state index contributed by atoms with van der Waals surface area (Å²) in [7, 11) is 1.72. The molecule has 6 heteroatoms. The predicted molar refractivity (Wildman–Crippen MR) is 87.6 cm³/mol. The van der Waals surface area contributed by atoms with Gasteiger partial charge >= 0.3 is 0 Å². The number of aromatic nitrogens is 2. The van der Waals surface area contributed by atoms with E-state index in [0.717, 1.165) is 75.3 Å². The summed E-state index contributed by atoms with van der Waals surface area (Å²) in [6.45, 7) is 4.34. The Labute approximate surface area is 137 Å². The number of hydrogen-bond donors (Lipinski definition) is 0. The van der Waals surface area contributed by atoms with Crippen molar-refractivity contribution in [3.8, 4) is 0 Å². The molecule has 22 heavy (non-hydrogen) atoms. The van der Waals surface area contributed by atoms with Gasteiger partial charge in [-0.3, -0.25) is 0 Å². The number of carbonyl (C=O) groups is 1. The average molecular weight is 326 g/mol. The lowest BCUT2D eigenvalue weighted by Crippen LogP contribution is -2.35. The van der Waals surface area contributed by atoms with Crippen LogP contribution in [0, 0.1) is 12.8 Å². The van der Waals surface area contributed by atoms with Gasteiger partial charge in [0.05, 0.1) is 11.4 Å². The number of halogens is 1. The molecule has 1 fully saturated rings. The van der Waals surface area contributed by atoms with E-state index in [1.165, 1.54) is 0 Å². The molecule has 1 saturated heterocycles. The largest absolute Gasteiger partial charge is 0.385 e. The van der Waals surface area contributed by atoms with E-state index in [-0.39, 0.29) is 5.92 Å². The Balaban J connectivity index is 2.06. The maximum Gasteiger partial charge on any atom is 0.171 e. The Kier molecular flexibility index (Phi) is 6.58. The van der Waals surface area contributed by atoms with Crippen molar-refractivity contribution in [2.75, 3.05) is 31.7 Å². The number of unbranched alkanes of at least 4 members (excludes halogenated alkanes) is 1. The molecule has 0 bridgehead atoms. The second-order valence-electron chi connectivity index (χ2n) is 5.78. The maximum atomic E-state index is 10.9. The number of piperidine rings is 1. The molecule has 0 amide bonds. The average Bonchev–Trinajstić information content (AvgIpc) is 2.53. The normalized spacial score (nSPS) is 16.0. The lowest BCUT2D eigenvalue weighted by molar-refractivity contribution is -0.111. The van der Waals surface area contributed by atoms with Gasteiger partial charge in [0.2, 0.25) is 0 Å². The van der Waals surface area contributed by atoms with E-state index in [2.05, 4.69) is 9.88 Å². The summed E-state index contributed by atoms with van der Waals surface area (Å²) >= 11 is 6.28. The van der Waals surface area contributed by atoms with Gasteiger partial charge < -0.3 is 14.4 Å². The molecule has 0 N–H and O–H groups in total. The lowest BCUT2D eigenvalue weighted by Gasteiger charge is -2.31. The molecule has 0 unspecified atom stereocenters. The first-order valence-corrected chi connectivity index (χ1v) is 8.25. The van der Waals surface area contributed by atoms with Crippen LogP contribution in [-0.2, 0) is 16.0 Å². The number of aryl methyl sites for hydroxylation is 2. The number of rotatable bonds is 7. The van der Waals surface area contributed by atoms with E-state index in [9.17, 15) is 4.79 Å². The number of hydrogen-bond acceptors (Lipinski definition) is 5. The van der Waals surface area contributed by atoms with Crippen molar-refractivity contribution in [2.24, 2.45) is 5.92 Å². The van der Waals surface area contributed by atoms with Crippen molar-refractivity contribution < 1.29 is 9.53 Å². The van der Waals surface area contributed by atoms with Crippen LogP contribution < -0.4 is 4.90 Å². The quantitative estimate of drug-likeness (QED) is 0.570. The predicted octanol–water partition coefficient (Wildman–Crippen LogP) is 2.82. The monoisotopic (exact) mass is 325 g/mol. The SMILES string of the molecule is COCCCCc1nc(N2CCC(C=O)CC2)c(Cl)nc1C. The molecular formula is C16H24ClN3O2. The zero-order valence-electron chi connectivity index (χ0n) is 13.3. The molecule has 0 aliphatic carbocycles. The Hall–Kier alpha value is -1.20. The third-order valence-corrected chi connectivity index (χ3v) is 4.41.